The van der Waals surface area contributed by atoms with Gasteiger partial charge in [0.1, 0.15) is 5.82 Å². The highest BCUT2D eigenvalue weighted by atomic mass is 19.1. The molecule has 88 valence electrons. The molecule has 2 heteroatoms. The summed E-state index contributed by atoms with van der Waals surface area (Å²) in [4.78, 5) is 0. The van der Waals surface area contributed by atoms with E-state index in [0.29, 0.717) is 12.0 Å². The van der Waals surface area contributed by atoms with Gasteiger partial charge in [0.05, 0.1) is 0 Å². The SMILES string of the molecule is CCNC1CCC(c2ccc(C)c(F)c2)C1. The van der Waals surface area contributed by atoms with Crippen LogP contribution in [-0.4, -0.2) is 12.6 Å². The van der Waals surface area contributed by atoms with E-state index in [1.165, 1.54) is 18.4 Å². The number of hydrogen-bond acceptors (Lipinski definition) is 1. The van der Waals surface area contributed by atoms with Crippen LogP contribution in [0, 0.1) is 12.7 Å². The Morgan fingerprint density at radius 3 is 2.88 bits per heavy atom. The van der Waals surface area contributed by atoms with Crippen molar-refractivity contribution in [2.24, 2.45) is 0 Å². The van der Waals surface area contributed by atoms with Gasteiger partial charge in [-0.05, 0) is 55.8 Å². The molecule has 1 nitrogen and oxygen atoms in total. The maximum Gasteiger partial charge on any atom is 0.126 e. The second kappa shape index (κ2) is 4.96. The summed E-state index contributed by atoms with van der Waals surface area (Å²) < 4.78 is 13.5. The first-order valence-corrected chi connectivity index (χ1v) is 6.20. The minimum atomic E-state index is -0.0654. The number of hydrogen-bond donors (Lipinski definition) is 1. The Bertz CT molecular complexity index is 362. The lowest BCUT2D eigenvalue weighted by atomic mass is 9.96. The van der Waals surface area contributed by atoms with Crippen LogP contribution in [-0.2, 0) is 0 Å². The monoisotopic (exact) mass is 221 g/mol. The maximum atomic E-state index is 13.5. The van der Waals surface area contributed by atoms with Gasteiger partial charge in [-0.2, -0.15) is 0 Å². The van der Waals surface area contributed by atoms with Crippen molar-refractivity contribution in [1.82, 2.24) is 5.32 Å². The molecule has 1 aliphatic rings. The van der Waals surface area contributed by atoms with Gasteiger partial charge in [0, 0.05) is 6.04 Å². The van der Waals surface area contributed by atoms with Crippen LogP contribution in [0.15, 0.2) is 18.2 Å². The number of rotatable bonds is 3. The van der Waals surface area contributed by atoms with E-state index in [0.717, 1.165) is 18.5 Å². The van der Waals surface area contributed by atoms with E-state index in [9.17, 15) is 4.39 Å². The van der Waals surface area contributed by atoms with Crippen LogP contribution in [0.2, 0.25) is 0 Å². The molecule has 1 saturated carbocycles. The molecule has 0 saturated heterocycles. The van der Waals surface area contributed by atoms with Crippen LogP contribution in [0.3, 0.4) is 0 Å². The summed E-state index contributed by atoms with van der Waals surface area (Å²) in [6, 6.07) is 6.32. The van der Waals surface area contributed by atoms with Crippen LogP contribution in [0.5, 0.6) is 0 Å². The summed E-state index contributed by atoms with van der Waals surface area (Å²) in [5.74, 6) is 0.476. The molecule has 1 N–H and O–H groups in total. The molecule has 0 amide bonds. The van der Waals surface area contributed by atoms with Gasteiger partial charge in [-0.1, -0.05) is 19.1 Å². The van der Waals surface area contributed by atoms with Crippen molar-refractivity contribution in [3.05, 3.63) is 35.1 Å². The highest BCUT2D eigenvalue weighted by Gasteiger charge is 2.25. The van der Waals surface area contributed by atoms with E-state index >= 15 is 0 Å². The van der Waals surface area contributed by atoms with Crippen molar-refractivity contribution in [3.8, 4) is 0 Å². The molecule has 0 spiro atoms. The van der Waals surface area contributed by atoms with Gasteiger partial charge in [0.25, 0.3) is 0 Å². The van der Waals surface area contributed by atoms with Gasteiger partial charge in [-0.15, -0.1) is 0 Å². The molecular weight excluding hydrogens is 201 g/mol. The zero-order valence-corrected chi connectivity index (χ0v) is 10.1. The molecule has 1 aromatic rings. The van der Waals surface area contributed by atoms with Crippen LogP contribution in [0.25, 0.3) is 0 Å². The highest BCUT2D eigenvalue weighted by molar-refractivity contribution is 5.27. The average Bonchev–Trinajstić information content (AvgIpc) is 2.71. The minimum Gasteiger partial charge on any atom is -0.314 e. The first-order valence-electron chi connectivity index (χ1n) is 6.20. The van der Waals surface area contributed by atoms with E-state index in [1.807, 2.05) is 13.0 Å². The molecule has 0 aromatic heterocycles. The van der Waals surface area contributed by atoms with Crippen molar-refractivity contribution >= 4 is 0 Å². The molecule has 0 heterocycles. The van der Waals surface area contributed by atoms with Gasteiger partial charge in [-0.3, -0.25) is 0 Å². The summed E-state index contributed by atoms with van der Waals surface area (Å²) in [6.45, 7) is 4.98. The summed E-state index contributed by atoms with van der Waals surface area (Å²) in [7, 11) is 0. The molecule has 1 aromatic carbocycles. The third-order valence-electron chi connectivity index (χ3n) is 3.59. The highest BCUT2D eigenvalue weighted by Crippen LogP contribution is 2.34. The smallest absolute Gasteiger partial charge is 0.126 e. The Labute approximate surface area is 97.1 Å². The summed E-state index contributed by atoms with van der Waals surface area (Å²) in [6.07, 6.45) is 3.55. The number of halogens is 1. The standard InChI is InChI=1S/C14H20FN/c1-3-16-13-7-6-11(8-13)12-5-4-10(2)14(15)9-12/h4-5,9,11,13,16H,3,6-8H2,1-2H3. The van der Waals surface area contributed by atoms with Crippen molar-refractivity contribution < 1.29 is 4.39 Å². The fourth-order valence-corrected chi connectivity index (χ4v) is 2.62. The van der Waals surface area contributed by atoms with Gasteiger partial charge >= 0.3 is 0 Å². The van der Waals surface area contributed by atoms with E-state index in [-0.39, 0.29) is 5.82 Å². The molecule has 2 atom stereocenters. The Kier molecular flexibility index (Phi) is 3.59. The second-order valence-electron chi connectivity index (χ2n) is 4.77. The Hall–Kier alpha value is -0.890. The lowest BCUT2D eigenvalue weighted by Gasteiger charge is -2.13. The lowest BCUT2D eigenvalue weighted by Crippen LogP contribution is -2.25. The fourth-order valence-electron chi connectivity index (χ4n) is 2.62. The zero-order chi connectivity index (χ0) is 11.5. The van der Waals surface area contributed by atoms with Crippen molar-refractivity contribution in [2.45, 2.75) is 45.1 Å². The molecule has 0 aliphatic heterocycles. The quantitative estimate of drug-likeness (QED) is 0.825. The van der Waals surface area contributed by atoms with E-state index in [2.05, 4.69) is 18.3 Å². The molecule has 1 fully saturated rings. The van der Waals surface area contributed by atoms with E-state index in [1.54, 1.807) is 6.07 Å². The van der Waals surface area contributed by atoms with Gasteiger partial charge in [0.15, 0.2) is 0 Å². The van der Waals surface area contributed by atoms with Crippen molar-refractivity contribution in [3.63, 3.8) is 0 Å². The van der Waals surface area contributed by atoms with E-state index < -0.39 is 0 Å². The molecule has 2 rings (SSSR count). The maximum absolute atomic E-state index is 13.5. The first kappa shape index (κ1) is 11.6. The third-order valence-corrected chi connectivity index (χ3v) is 3.59. The summed E-state index contributed by atoms with van der Waals surface area (Å²) in [5.41, 5.74) is 1.91. The number of benzene rings is 1. The molecule has 0 bridgehead atoms. The third kappa shape index (κ3) is 2.43. The van der Waals surface area contributed by atoms with Crippen LogP contribution in [0.4, 0.5) is 4.39 Å². The average molecular weight is 221 g/mol. The van der Waals surface area contributed by atoms with Crippen LogP contribution >= 0.6 is 0 Å². The molecular formula is C14H20FN. The van der Waals surface area contributed by atoms with Gasteiger partial charge in [0.2, 0.25) is 0 Å². The second-order valence-corrected chi connectivity index (χ2v) is 4.77. The minimum absolute atomic E-state index is 0.0654. The fraction of sp³-hybridized carbons (Fsp3) is 0.571. The largest absolute Gasteiger partial charge is 0.314 e. The molecule has 1 aliphatic carbocycles. The predicted octanol–water partition coefficient (Wildman–Crippen LogP) is 3.38. The number of aryl methyl sites for hydroxylation is 1. The van der Waals surface area contributed by atoms with Gasteiger partial charge in [-0.25, -0.2) is 4.39 Å². The van der Waals surface area contributed by atoms with Crippen molar-refractivity contribution in [1.29, 1.82) is 0 Å². The summed E-state index contributed by atoms with van der Waals surface area (Å²) >= 11 is 0. The van der Waals surface area contributed by atoms with Crippen LogP contribution in [0.1, 0.15) is 43.2 Å². The predicted molar refractivity (Wildman–Crippen MR) is 65.2 cm³/mol. The number of nitrogens with one attached hydrogen (secondary N) is 1. The van der Waals surface area contributed by atoms with E-state index in [4.69, 9.17) is 0 Å². The topological polar surface area (TPSA) is 12.0 Å². The first-order chi connectivity index (χ1) is 7.70. The molecule has 2 unspecified atom stereocenters. The zero-order valence-electron chi connectivity index (χ0n) is 10.1. The summed E-state index contributed by atoms with van der Waals surface area (Å²) in [5, 5.41) is 3.48. The van der Waals surface area contributed by atoms with Crippen LogP contribution < -0.4 is 5.32 Å². The Morgan fingerprint density at radius 1 is 1.38 bits per heavy atom. The Morgan fingerprint density at radius 2 is 2.19 bits per heavy atom. The molecule has 16 heavy (non-hydrogen) atoms. The molecule has 0 radical (unpaired) electrons. The lowest BCUT2D eigenvalue weighted by molar-refractivity contribution is 0.534. The van der Waals surface area contributed by atoms with Gasteiger partial charge < -0.3 is 5.32 Å². The Balaban J connectivity index is 2.05. The normalized spacial score (nSPS) is 24.9. The van der Waals surface area contributed by atoms with Crippen molar-refractivity contribution in [2.75, 3.05) is 6.54 Å².